The van der Waals surface area contributed by atoms with Crippen LogP contribution < -0.4 is 10.2 Å². The number of nitrogens with zero attached hydrogens (tertiary/aromatic N) is 1. The number of rotatable bonds is 4. The fourth-order valence-electron chi connectivity index (χ4n) is 2.99. The van der Waals surface area contributed by atoms with Crippen LogP contribution in [-0.4, -0.2) is 31.2 Å². The van der Waals surface area contributed by atoms with E-state index < -0.39 is 0 Å². The Morgan fingerprint density at radius 1 is 1.16 bits per heavy atom. The van der Waals surface area contributed by atoms with Crippen molar-refractivity contribution in [1.29, 1.82) is 0 Å². The topological polar surface area (TPSA) is 41.6 Å². The van der Waals surface area contributed by atoms with Gasteiger partial charge in [-0.25, -0.2) is 0 Å². The third-order valence-corrected chi connectivity index (χ3v) is 4.62. The van der Waals surface area contributed by atoms with Crippen molar-refractivity contribution < 1.29 is 9.53 Å². The summed E-state index contributed by atoms with van der Waals surface area (Å²) >= 11 is 5.86. The van der Waals surface area contributed by atoms with Crippen molar-refractivity contribution in [2.24, 2.45) is 0 Å². The largest absolute Gasteiger partial charge is 0.375 e. The Bertz CT molecular complexity index is 715. The number of carbonyl (C=O) groups is 1. The van der Waals surface area contributed by atoms with E-state index in [4.69, 9.17) is 16.3 Å². The molecule has 0 aliphatic carbocycles. The van der Waals surface area contributed by atoms with Crippen LogP contribution in [-0.2, 0) is 16.0 Å². The Kier molecular flexibility index (Phi) is 5.61. The normalized spacial score (nSPS) is 20.4. The van der Waals surface area contributed by atoms with Gasteiger partial charge >= 0.3 is 0 Å². The first-order chi connectivity index (χ1) is 12.0. The van der Waals surface area contributed by atoms with Gasteiger partial charge in [-0.3, -0.25) is 4.79 Å². The number of hydrogen-bond donors (Lipinski definition) is 1. The van der Waals surface area contributed by atoms with Gasteiger partial charge in [-0.05, 0) is 55.8 Å². The summed E-state index contributed by atoms with van der Waals surface area (Å²) in [6.45, 7) is 5.86. The highest BCUT2D eigenvalue weighted by atomic mass is 35.5. The maximum Gasteiger partial charge on any atom is 0.228 e. The number of nitrogens with one attached hydrogen (secondary N) is 1. The second kappa shape index (κ2) is 7.89. The van der Waals surface area contributed by atoms with E-state index in [1.807, 2.05) is 36.4 Å². The summed E-state index contributed by atoms with van der Waals surface area (Å²) in [6.07, 6.45) is 0.562. The second-order valence-electron chi connectivity index (χ2n) is 6.54. The average molecular weight is 359 g/mol. The van der Waals surface area contributed by atoms with Crippen molar-refractivity contribution in [3.63, 3.8) is 0 Å². The number of ether oxygens (including phenoxy) is 1. The summed E-state index contributed by atoms with van der Waals surface area (Å²) < 4.78 is 5.68. The summed E-state index contributed by atoms with van der Waals surface area (Å²) in [7, 11) is 0. The van der Waals surface area contributed by atoms with Gasteiger partial charge < -0.3 is 15.0 Å². The molecule has 5 heteroatoms. The maximum atomic E-state index is 12.2. The standard InChI is InChI=1S/C20H23ClN2O2/c1-14-13-25-15(2)12-23(14)19-9-7-18(8-10-19)22-20(24)11-16-3-5-17(21)6-4-16/h3-10,14-15H,11-13H2,1-2H3,(H,22,24). The van der Waals surface area contributed by atoms with Crippen LogP contribution in [0.15, 0.2) is 48.5 Å². The molecular formula is C20H23ClN2O2. The highest BCUT2D eigenvalue weighted by Gasteiger charge is 2.23. The van der Waals surface area contributed by atoms with Crippen molar-refractivity contribution in [3.05, 3.63) is 59.1 Å². The van der Waals surface area contributed by atoms with Crippen molar-refractivity contribution >= 4 is 28.9 Å². The van der Waals surface area contributed by atoms with Crippen LogP contribution in [0.5, 0.6) is 0 Å². The smallest absolute Gasteiger partial charge is 0.228 e. The second-order valence-corrected chi connectivity index (χ2v) is 6.98. The van der Waals surface area contributed by atoms with E-state index >= 15 is 0 Å². The molecular weight excluding hydrogens is 336 g/mol. The number of halogens is 1. The summed E-state index contributed by atoms with van der Waals surface area (Å²) in [5.41, 5.74) is 2.89. The van der Waals surface area contributed by atoms with Gasteiger partial charge in [0, 0.05) is 29.0 Å². The van der Waals surface area contributed by atoms with E-state index in [9.17, 15) is 4.79 Å². The van der Waals surface area contributed by atoms with Gasteiger partial charge in [-0.2, -0.15) is 0 Å². The Balaban J connectivity index is 1.60. The fourth-order valence-corrected chi connectivity index (χ4v) is 3.12. The molecule has 0 bridgehead atoms. The molecule has 1 fully saturated rings. The lowest BCUT2D eigenvalue weighted by Crippen LogP contribution is -2.47. The molecule has 4 nitrogen and oxygen atoms in total. The molecule has 1 aliphatic rings. The monoisotopic (exact) mass is 358 g/mol. The van der Waals surface area contributed by atoms with E-state index in [1.54, 1.807) is 12.1 Å². The van der Waals surface area contributed by atoms with Crippen molar-refractivity contribution in [2.75, 3.05) is 23.4 Å². The molecule has 0 spiro atoms. The van der Waals surface area contributed by atoms with Crippen LogP contribution in [0, 0.1) is 0 Å². The van der Waals surface area contributed by atoms with Gasteiger partial charge in [-0.15, -0.1) is 0 Å². The number of anilines is 2. The predicted octanol–water partition coefficient (Wildman–Crippen LogP) is 4.13. The van der Waals surface area contributed by atoms with E-state index in [0.29, 0.717) is 17.5 Å². The minimum Gasteiger partial charge on any atom is -0.375 e. The molecule has 0 radical (unpaired) electrons. The molecule has 3 rings (SSSR count). The van der Waals surface area contributed by atoms with Gasteiger partial charge in [-0.1, -0.05) is 23.7 Å². The minimum absolute atomic E-state index is 0.0385. The average Bonchev–Trinajstić information content (AvgIpc) is 2.60. The van der Waals surface area contributed by atoms with E-state index in [-0.39, 0.29) is 12.0 Å². The molecule has 2 aromatic rings. The SMILES string of the molecule is CC1CN(c2ccc(NC(=O)Cc3ccc(Cl)cc3)cc2)C(C)CO1. The van der Waals surface area contributed by atoms with Crippen molar-refractivity contribution in [2.45, 2.75) is 32.4 Å². The Labute approximate surface area is 153 Å². The minimum atomic E-state index is -0.0385. The van der Waals surface area contributed by atoms with Gasteiger partial charge in [0.1, 0.15) is 0 Å². The first-order valence-corrected chi connectivity index (χ1v) is 8.91. The Morgan fingerprint density at radius 3 is 2.52 bits per heavy atom. The summed E-state index contributed by atoms with van der Waals surface area (Å²) in [4.78, 5) is 14.5. The first kappa shape index (κ1) is 17.8. The van der Waals surface area contributed by atoms with Crippen LogP contribution >= 0.6 is 11.6 Å². The van der Waals surface area contributed by atoms with Crippen LogP contribution in [0.1, 0.15) is 19.4 Å². The highest BCUT2D eigenvalue weighted by molar-refractivity contribution is 6.30. The number of morpholine rings is 1. The van der Waals surface area contributed by atoms with E-state index in [1.165, 1.54) is 0 Å². The molecule has 1 saturated heterocycles. The molecule has 2 unspecified atom stereocenters. The zero-order valence-corrected chi connectivity index (χ0v) is 15.3. The fraction of sp³-hybridized carbons (Fsp3) is 0.350. The molecule has 1 amide bonds. The molecule has 2 aromatic carbocycles. The lowest BCUT2D eigenvalue weighted by atomic mass is 10.1. The lowest BCUT2D eigenvalue weighted by molar-refractivity contribution is -0.115. The maximum absolute atomic E-state index is 12.2. The van der Waals surface area contributed by atoms with Gasteiger partial charge in [0.2, 0.25) is 5.91 Å². The van der Waals surface area contributed by atoms with Crippen molar-refractivity contribution in [3.8, 4) is 0 Å². The van der Waals surface area contributed by atoms with Crippen LogP contribution in [0.2, 0.25) is 5.02 Å². The highest BCUT2D eigenvalue weighted by Crippen LogP contribution is 2.23. The number of carbonyl (C=O) groups excluding carboxylic acids is 1. The van der Waals surface area contributed by atoms with Gasteiger partial charge in [0.25, 0.3) is 0 Å². The molecule has 132 valence electrons. The number of amides is 1. The van der Waals surface area contributed by atoms with Crippen molar-refractivity contribution in [1.82, 2.24) is 0 Å². The quantitative estimate of drug-likeness (QED) is 0.893. The van der Waals surface area contributed by atoms with E-state index in [2.05, 4.69) is 24.1 Å². The number of hydrogen-bond acceptors (Lipinski definition) is 3. The zero-order chi connectivity index (χ0) is 17.8. The number of benzene rings is 2. The Hall–Kier alpha value is -2.04. The van der Waals surface area contributed by atoms with E-state index in [0.717, 1.165) is 30.1 Å². The van der Waals surface area contributed by atoms with Gasteiger partial charge in [0.05, 0.1) is 19.1 Å². The molecule has 1 aliphatic heterocycles. The third-order valence-electron chi connectivity index (χ3n) is 4.37. The first-order valence-electron chi connectivity index (χ1n) is 8.54. The summed E-state index contributed by atoms with van der Waals surface area (Å²) in [6, 6.07) is 15.7. The molecule has 2 atom stereocenters. The summed E-state index contributed by atoms with van der Waals surface area (Å²) in [5, 5.41) is 3.61. The Morgan fingerprint density at radius 2 is 1.84 bits per heavy atom. The van der Waals surface area contributed by atoms with Crippen LogP contribution in [0.3, 0.4) is 0 Å². The lowest BCUT2D eigenvalue weighted by Gasteiger charge is -2.38. The van der Waals surface area contributed by atoms with Crippen LogP contribution in [0.4, 0.5) is 11.4 Å². The molecule has 0 saturated carbocycles. The van der Waals surface area contributed by atoms with Gasteiger partial charge in [0.15, 0.2) is 0 Å². The molecule has 25 heavy (non-hydrogen) atoms. The zero-order valence-electron chi connectivity index (χ0n) is 14.5. The molecule has 0 aromatic heterocycles. The summed E-state index contributed by atoms with van der Waals surface area (Å²) in [5.74, 6) is -0.0385. The molecule has 1 N–H and O–H groups in total. The predicted molar refractivity (Wildman–Crippen MR) is 102 cm³/mol. The third kappa shape index (κ3) is 4.74. The molecule has 1 heterocycles. The van der Waals surface area contributed by atoms with Crippen LogP contribution in [0.25, 0.3) is 0 Å².